The van der Waals surface area contributed by atoms with Gasteiger partial charge in [0.25, 0.3) is 0 Å². The number of nitrogens with zero attached hydrogens (tertiary/aromatic N) is 1. The molecular formula is C8H11NO2. The fourth-order valence-electron chi connectivity index (χ4n) is 1.56. The zero-order valence-electron chi connectivity index (χ0n) is 6.54. The summed E-state index contributed by atoms with van der Waals surface area (Å²) in [6.45, 7) is 2.61. The fourth-order valence-corrected chi connectivity index (χ4v) is 1.56. The van der Waals surface area contributed by atoms with E-state index in [1.54, 1.807) is 4.90 Å². The van der Waals surface area contributed by atoms with E-state index in [1.807, 2.05) is 13.0 Å². The van der Waals surface area contributed by atoms with Gasteiger partial charge in [-0.3, -0.25) is 9.69 Å². The molecule has 2 aliphatic rings. The molecule has 60 valence electrons. The Labute approximate surface area is 65.6 Å². The van der Waals surface area contributed by atoms with E-state index in [0.29, 0.717) is 13.0 Å². The van der Waals surface area contributed by atoms with Crippen molar-refractivity contribution in [1.29, 1.82) is 0 Å². The monoisotopic (exact) mass is 153 g/mol. The van der Waals surface area contributed by atoms with Crippen molar-refractivity contribution < 1.29 is 9.53 Å². The van der Waals surface area contributed by atoms with E-state index < -0.39 is 0 Å². The lowest BCUT2D eigenvalue weighted by atomic mass is 10.3. The molecule has 3 nitrogen and oxygen atoms in total. The van der Waals surface area contributed by atoms with Crippen LogP contribution in [0.2, 0.25) is 0 Å². The normalized spacial score (nSPS) is 32.8. The van der Waals surface area contributed by atoms with Crippen molar-refractivity contribution in [3.05, 3.63) is 11.8 Å². The number of hydrogen-bond acceptors (Lipinski definition) is 2. The van der Waals surface area contributed by atoms with Crippen LogP contribution in [0, 0.1) is 0 Å². The van der Waals surface area contributed by atoms with Crippen molar-refractivity contribution in [3.63, 3.8) is 0 Å². The molecule has 0 N–H and O–H groups in total. The standard InChI is InChI=1S/C8H11NO2/c1-2-6-5-9-7(10)3-4-8(9)11-6/h2,8H,3-5H2,1H3/b6-2+. The van der Waals surface area contributed by atoms with E-state index in [2.05, 4.69) is 0 Å². The van der Waals surface area contributed by atoms with Gasteiger partial charge in [-0.15, -0.1) is 0 Å². The minimum absolute atomic E-state index is 0.0497. The molecule has 1 amide bonds. The van der Waals surface area contributed by atoms with E-state index in [9.17, 15) is 4.79 Å². The molecule has 0 aromatic carbocycles. The molecule has 3 heteroatoms. The van der Waals surface area contributed by atoms with Crippen LogP contribution < -0.4 is 0 Å². The van der Waals surface area contributed by atoms with Gasteiger partial charge in [0.05, 0.1) is 6.54 Å². The van der Waals surface area contributed by atoms with Crippen LogP contribution >= 0.6 is 0 Å². The first-order valence-corrected chi connectivity index (χ1v) is 3.92. The van der Waals surface area contributed by atoms with Crippen molar-refractivity contribution in [2.24, 2.45) is 0 Å². The highest BCUT2D eigenvalue weighted by Crippen LogP contribution is 2.28. The van der Waals surface area contributed by atoms with E-state index in [4.69, 9.17) is 4.74 Å². The molecule has 2 aliphatic heterocycles. The number of rotatable bonds is 0. The van der Waals surface area contributed by atoms with Crippen LogP contribution in [-0.2, 0) is 9.53 Å². The average Bonchev–Trinajstić information content (AvgIpc) is 2.53. The van der Waals surface area contributed by atoms with Gasteiger partial charge < -0.3 is 4.74 Å². The van der Waals surface area contributed by atoms with Crippen LogP contribution in [0.3, 0.4) is 0 Å². The predicted molar refractivity (Wildman–Crippen MR) is 39.6 cm³/mol. The number of amides is 1. The minimum Gasteiger partial charge on any atom is -0.473 e. The van der Waals surface area contributed by atoms with E-state index in [-0.39, 0.29) is 12.1 Å². The number of carbonyl (C=O) groups is 1. The van der Waals surface area contributed by atoms with Crippen molar-refractivity contribution in [2.75, 3.05) is 6.54 Å². The maximum atomic E-state index is 11.1. The van der Waals surface area contributed by atoms with Crippen LogP contribution in [0.4, 0.5) is 0 Å². The fraction of sp³-hybridized carbons (Fsp3) is 0.625. The second kappa shape index (κ2) is 2.26. The second-order valence-electron chi connectivity index (χ2n) is 2.89. The van der Waals surface area contributed by atoms with Crippen molar-refractivity contribution in [2.45, 2.75) is 26.0 Å². The lowest BCUT2D eigenvalue weighted by molar-refractivity contribution is -0.129. The SMILES string of the molecule is C/C=C1\CN2C(=O)CCC2O1. The van der Waals surface area contributed by atoms with Gasteiger partial charge in [0.2, 0.25) is 5.91 Å². The third kappa shape index (κ3) is 0.914. The first-order valence-electron chi connectivity index (χ1n) is 3.92. The number of fused-ring (bicyclic) bond motifs is 1. The molecule has 2 fully saturated rings. The molecular weight excluding hydrogens is 142 g/mol. The first kappa shape index (κ1) is 6.70. The molecule has 2 rings (SSSR count). The van der Waals surface area contributed by atoms with Gasteiger partial charge in [0, 0.05) is 12.8 Å². The van der Waals surface area contributed by atoms with Gasteiger partial charge in [-0.2, -0.15) is 0 Å². The van der Waals surface area contributed by atoms with Gasteiger partial charge in [-0.05, 0) is 13.0 Å². The number of allylic oxidation sites excluding steroid dienone is 1. The lowest BCUT2D eigenvalue weighted by Gasteiger charge is -2.10. The number of hydrogen-bond donors (Lipinski definition) is 0. The molecule has 0 bridgehead atoms. The summed E-state index contributed by atoms with van der Waals surface area (Å²) in [5.41, 5.74) is 0. The summed E-state index contributed by atoms with van der Waals surface area (Å²) in [6.07, 6.45) is 3.48. The Morgan fingerprint density at radius 1 is 1.73 bits per heavy atom. The molecule has 2 saturated heterocycles. The van der Waals surface area contributed by atoms with Gasteiger partial charge in [0.15, 0.2) is 6.23 Å². The Hall–Kier alpha value is -0.990. The van der Waals surface area contributed by atoms with Crippen molar-refractivity contribution >= 4 is 5.91 Å². The molecule has 0 spiro atoms. The van der Waals surface area contributed by atoms with Gasteiger partial charge in [-0.25, -0.2) is 0 Å². The Bertz CT molecular complexity index is 222. The molecule has 0 radical (unpaired) electrons. The van der Waals surface area contributed by atoms with Crippen LogP contribution in [0.15, 0.2) is 11.8 Å². The highest BCUT2D eigenvalue weighted by atomic mass is 16.5. The average molecular weight is 153 g/mol. The highest BCUT2D eigenvalue weighted by Gasteiger charge is 2.38. The summed E-state index contributed by atoms with van der Waals surface area (Å²) in [5, 5.41) is 0. The summed E-state index contributed by atoms with van der Waals surface area (Å²) in [4.78, 5) is 12.9. The Morgan fingerprint density at radius 2 is 2.55 bits per heavy atom. The Kier molecular flexibility index (Phi) is 1.37. The zero-order valence-corrected chi connectivity index (χ0v) is 6.54. The van der Waals surface area contributed by atoms with E-state index in [0.717, 1.165) is 12.2 Å². The molecule has 1 atom stereocenters. The molecule has 0 aromatic heterocycles. The molecule has 0 aliphatic carbocycles. The summed E-state index contributed by atoms with van der Waals surface area (Å²) < 4.78 is 5.47. The van der Waals surface area contributed by atoms with Crippen LogP contribution in [0.1, 0.15) is 19.8 Å². The Morgan fingerprint density at radius 3 is 3.18 bits per heavy atom. The third-order valence-electron chi connectivity index (χ3n) is 2.21. The maximum Gasteiger partial charge on any atom is 0.226 e. The Balaban J connectivity index is 2.15. The van der Waals surface area contributed by atoms with E-state index in [1.165, 1.54) is 0 Å². The zero-order chi connectivity index (χ0) is 7.84. The molecule has 2 heterocycles. The quantitative estimate of drug-likeness (QED) is 0.516. The summed E-state index contributed by atoms with van der Waals surface area (Å²) in [6, 6.07) is 0. The van der Waals surface area contributed by atoms with Gasteiger partial charge in [-0.1, -0.05) is 0 Å². The number of carbonyl (C=O) groups excluding carboxylic acids is 1. The summed E-state index contributed by atoms with van der Waals surface area (Å²) in [5.74, 6) is 1.16. The van der Waals surface area contributed by atoms with Gasteiger partial charge in [0.1, 0.15) is 5.76 Å². The minimum atomic E-state index is 0.0497. The highest BCUT2D eigenvalue weighted by molar-refractivity contribution is 5.79. The molecule has 0 saturated carbocycles. The third-order valence-corrected chi connectivity index (χ3v) is 2.21. The summed E-state index contributed by atoms with van der Waals surface area (Å²) >= 11 is 0. The van der Waals surface area contributed by atoms with Crippen molar-refractivity contribution in [3.8, 4) is 0 Å². The number of ether oxygens (including phenoxy) is 1. The smallest absolute Gasteiger partial charge is 0.226 e. The summed E-state index contributed by atoms with van der Waals surface area (Å²) in [7, 11) is 0. The topological polar surface area (TPSA) is 29.5 Å². The van der Waals surface area contributed by atoms with Crippen molar-refractivity contribution in [1.82, 2.24) is 4.90 Å². The predicted octanol–water partition coefficient (Wildman–Crippen LogP) is 0.869. The molecule has 1 unspecified atom stereocenters. The second-order valence-corrected chi connectivity index (χ2v) is 2.89. The van der Waals surface area contributed by atoms with Crippen LogP contribution in [0.5, 0.6) is 0 Å². The molecule has 0 aromatic rings. The lowest BCUT2D eigenvalue weighted by Crippen LogP contribution is -2.27. The van der Waals surface area contributed by atoms with Gasteiger partial charge >= 0.3 is 0 Å². The van der Waals surface area contributed by atoms with E-state index >= 15 is 0 Å². The van der Waals surface area contributed by atoms with Crippen LogP contribution in [0.25, 0.3) is 0 Å². The maximum absolute atomic E-state index is 11.1. The first-order chi connectivity index (χ1) is 5.31. The largest absolute Gasteiger partial charge is 0.473 e. The molecule has 11 heavy (non-hydrogen) atoms. The van der Waals surface area contributed by atoms with Crippen LogP contribution in [-0.4, -0.2) is 23.6 Å².